The smallest absolute Gasteiger partial charge is 0.331 e. The molecule has 0 aliphatic carbocycles. The van der Waals surface area contributed by atoms with Crippen molar-refractivity contribution in [3.63, 3.8) is 0 Å². The van der Waals surface area contributed by atoms with Crippen molar-refractivity contribution in [1.82, 2.24) is 0 Å². The van der Waals surface area contributed by atoms with Crippen molar-refractivity contribution in [2.24, 2.45) is 0 Å². The topological polar surface area (TPSA) is 47.6 Å². The predicted molar refractivity (Wildman–Crippen MR) is 74.1 cm³/mol. The second-order valence-electron chi connectivity index (χ2n) is 4.93. The fourth-order valence-corrected chi connectivity index (χ4v) is 2.50. The standard InChI is InChI=1S/C15H21NO3/c1-3-18-14(17)15(9-10-19-12(2)11-15)16-13-7-5-4-6-8-13/h4-8,12,16H,3,9-11H2,1-2H3. The molecule has 1 aromatic carbocycles. The van der Waals surface area contributed by atoms with Gasteiger partial charge in [0.1, 0.15) is 5.54 Å². The summed E-state index contributed by atoms with van der Waals surface area (Å²) in [5.41, 5.74) is 0.263. The summed E-state index contributed by atoms with van der Waals surface area (Å²) >= 11 is 0. The summed E-state index contributed by atoms with van der Waals surface area (Å²) in [6.07, 6.45) is 1.31. The van der Waals surface area contributed by atoms with Gasteiger partial charge in [-0.3, -0.25) is 0 Å². The zero-order valence-electron chi connectivity index (χ0n) is 11.5. The van der Waals surface area contributed by atoms with Crippen LogP contribution in [0.25, 0.3) is 0 Å². The van der Waals surface area contributed by atoms with Gasteiger partial charge in [-0.25, -0.2) is 4.79 Å². The molecular weight excluding hydrogens is 242 g/mol. The van der Waals surface area contributed by atoms with Gasteiger partial charge in [0.25, 0.3) is 0 Å². The molecule has 0 saturated carbocycles. The summed E-state index contributed by atoms with van der Waals surface area (Å²) < 4.78 is 10.8. The molecule has 1 heterocycles. The highest BCUT2D eigenvalue weighted by atomic mass is 16.5. The first kappa shape index (κ1) is 13.9. The third-order valence-corrected chi connectivity index (χ3v) is 3.39. The van der Waals surface area contributed by atoms with Gasteiger partial charge in [0, 0.05) is 25.1 Å². The Balaban J connectivity index is 2.21. The molecule has 4 nitrogen and oxygen atoms in total. The Bertz CT molecular complexity index is 421. The number of para-hydroxylation sites is 1. The largest absolute Gasteiger partial charge is 0.464 e. The maximum absolute atomic E-state index is 12.3. The minimum atomic E-state index is -0.672. The van der Waals surface area contributed by atoms with Gasteiger partial charge in [0.05, 0.1) is 12.7 Å². The van der Waals surface area contributed by atoms with Gasteiger partial charge in [0.2, 0.25) is 0 Å². The lowest BCUT2D eigenvalue weighted by molar-refractivity contribution is -0.153. The lowest BCUT2D eigenvalue weighted by Crippen LogP contribution is -2.53. The van der Waals surface area contributed by atoms with E-state index in [0.717, 1.165) is 5.69 Å². The van der Waals surface area contributed by atoms with Crippen molar-refractivity contribution in [1.29, 1.82) is 0 Å². The van der Waals surface area contributed by atoms with E-state index in [2.05, 4.69) is 5.32 Å². The average Bonchev–Trinajstić information content (AvgIpc) is 2.40. The first-order valence-corrected chi connectivity index (χ1v) is 6.78. The number of ether oxygens (including phenoxy) is 2. The Labute approximate surface area is 114 Å². The van der Waals surface area contributed by atoms with E-state index in [4.69, 9.17) is 9.47 Å². The van der Waals surface area contributed by atoms with Crippen molar-refractivity contribution >= 4 is 11.7 Å². The molecule has 1 fully saturated rings. The van der Waals surface area contributed by atoms with E-state index in [-0.39, 0.29) is 12.1 Å². The van der Waals surface area contributed by atoms with E-state index in [1.165, 1.54) is 0 Å². The lowest BCUT2D eigenvalue weighted by Gasteiger charge is -2.39. The molecule has 1 N–H and O–H groups in total. The second-order valence-corrected chi connectivity index (χ2v) is 4.93. The van der Waals surface area contributed by atoms with Gasteiger partial charge >= 0.3 is 5.97 Å². The lowest BCUT2D eigenvalue weighted by atomic mass is 9.86. The first-order chi connectivity index (χ1) is 9.16. The molecule has 2 rings (SSSR count). The summed E-state index contributed by atoms with van der Waals surface area (Å²) in [6, 6.07) is 9.77. The summed E-state index contributed by atoms with van der Waals surface area (Å²) in [7, 11) is 0. The minimum absolute atomic E-state index is 0.0503. The van der Waals surface area contributed by atoms with Crippen LogP contribution in [0.4, 0.5) is 5.69 Å². The van der Waals surface area contributed by atoms with Crippen LogP contribution in [-0.4, -0.2) is 30.8 Å². The molecule has 0 amide bonds. The van der Waals surface area contributed by atoms with Crippen molar-refractivity contribution in [2.75, 3.05) is 18.5 Å². The van der Waals surface area contributed by atoms with Crippen LogP contribution in [-0.2, 0) is 14.3 Å². The molecule has 104 valence electrons. The zero-order valence-corrected chi connectivity index (χ0v) is 11.5. The van der Waals surface area contributed by atoms with E-state index in [9.17, 15) is 4.79 Å². The monoisotopic (exact) mass is 263 g/mol. The fourth-order valence-electron chi connectivity index (χ4n) is 2.50. The number of carbonyl (C=O) groups excluding carboxylic acids is 1. The van der Waals surface area contributed by atoms with E-state index in [1.807, 2.05) is 44.2 Å². The molecule has 0 bridgehead atoms. The number of carbonyl (C=O) groups is 1. The molecule has 2 atom stereocenters. The molecule has 1 aliphatic rings. The maximum Gasteiger partial charge on any atom is 0.331 e. The first-order valence-electron chi connectivity index (χ1n) is 6.78. The minimum Gasteiger partial charge on any atom is -0.464 e. The SMILES string of the molecule is CCOC(=O)C1(Nc2ccccc2)CCOC(C)C1. The molecule has 0 spiro atoms. The molecule has 0 radical (unpaired) electrons. The van der Waals surface area contributed by atoms with Crippen molar-refractivity contribution in [2.45, 2.75) is 38.3 Å². The van der Waals surface area contributed by atoms with E-state index in [1.54, 1.807) is 0 Å². The van der Waals surface area contributed by atoms with Gasteiger partial charge in [-0.2, -0.15) is 0 Å². The van der Waals surface area contributed by atoms with Gasteiger partial charge in [0.15, 0.2) is 0 Å². The highest BCUT2D eigenvalue weighted by molar-refractivity contribution is 5.84. The van der Waals surface area contributed by atoms with Crippen molar-refractivity contribution in [3.8, 4) is 0 Å². The zero-order chi connectivity index (χ0) is 13.7. The predicted octanol–water partition coefficient (Wildman–Crippen LogP) is 2.60. The van der Waals surface area contributed by atoms with E-state index >= 15 is 0 Å². The number of rotatable bonds is 4. The van der Waals surface area contributed by atoms with E-state index in [0.29, 0.717) is 26.1 Å². The number of anilines is 1. The summed E-state index contributed by atoms with van der Waals surface area (Å²) in [5, 5.41) is 3.35. The molecule has 0 aromatic heterocycles. The van der Waals surface area contributed by atoms with Gasteiger partial charge < -0.3 is 14.8 Å². The maximum atomic E-state index is 12.3. The number of hydrogen-bond acceptors (Lipinski definition) is 4. The fraction of sp³-hybridized carbons (Fsp3) is 0.533. The Morgan fingerprint density at radius 3 is 2.84 bits per heavy atom. The quantitative estimate of drug-likeness (QED) is 0.848. The Kier molecular flexibility index (Phi) is 4.43. The highest BCUT2D eigenvalue weighted by Gasteiger charge is 2.43. The van der Waals surface area contributed by atoms with Gasteiger partial charge in [-0.1, -0.05) is 18.2 Å². The van der Waals surface area contributed by atoms with Crippen LogP contribution in [0.15, 0.2) is 30.3 Å². The second kappa shape index (κ2) is 6.06. The Morgan fingerprint density at radius 1 is 1.47 bits per heavy atom. The summed E-state index contributed by atoms with van der Waals surface area (Å²) in [6.45, 7) is 4.78. The Morgan fingerprint density at radius 2 is 2.21 bits per heavy atom. The number of nitrogens with one attached hydrogen (secondary N) is 1. The average molecular weight is 263 g/mol. The molecule has 1 aliphatic heterocycles. The third-order valence-electron chi connectivity index (χ3n) is 3.39. The van der Waals surface area contributed by atoms with Crippen LogP contribution in [0.1, 0.15) is 26.7 Å². The molecular formula is C15H21NO3. The number of esters is 1. The van der Waals surface area contributed by atoms with Crippen LogP contribution >= 0.6 is 0 Å². The molecule has 1 aromatic rings. The van der Waals surface area contributed by atoms with Crippen LogP contribution in [0.2, 0.25) is 0 Å². The normalized spacial score (nSPS) is 26.7. The van der Waals surface area contributed by atoms with Crippen LogP contribution in [0.3, 0.4) is 0 Å². The number of hydrogen-bond donors (Lipinski definition) is 1. The Hall–Kier alpha value is -1.55. The number of benzene rings is 1. The van der Waals surface area contributed by atoms with Gasteiger partial charge in [-0.15, -0.1) is 0 Å². The summed E-state index contributed by atoms with van der Waals surface area (Å²) in [5.74, 6) is -0.186. The molecule has 1 saturated heterocycles. The van der Waals surface area contributed by atoms with Gasteiger partial charge in [-0.05, 0) is 26.0 Å². The summed E-state index contributed by atoms with van der Waals surface area (Å²) in [4.78, 5) is 12.3. The highest BCUT2D eigenvalue weighted by Crippen LogP contribution is 2.30. The van der Waals surface area contributed by atoms with Crippen LogP contribution < -0.4 is 5.32 Å². The molecule has 4 heteroatoms. The molecule has 19 heavy (non-hydrogen) atoms. The van der Waals surface area contributed by atoms with Crippen LogP contribution in [0.5, 0.6) is 0 Å². The van der Waals surface area contributed by atoms with Crippen molar-refractivity contribution < 1.29 is 14.3 Å². The molecule has 2 unspecified atom stereocenters. The third kappa shape index (κ3) is 3.26. The van der Waals surface area contributed by atoms with Crippen molar-refractivity contribution in [3.05, 3.63) is 30.3 Å². The van der Waals surface area contributed by atoms with E-state index < -0.39 is 5.54 Å². The van der Waals surface area contributed by atoms with Crippen LogP contribution in [0, 0.1) is 0 Å².